The van der Waals surface area contributed by atoms with E-state index in [-0.39, 0.29) is 50.7 Å². The zero-order valence-corrected chi connectivity index (χ0v) is 16.1. The van der Waals surface area contributed by atoms with Crippen LogP contribution in [-0.2, 0) is 25.8 Å². The molecule has 0 aliphatic carbocycles. The Balaban J connectivity index is 0.000000882. The van der Waals surface area contributed by atoms with Gasteiger partial charge in [-0.15, -0.1) is 34.5 Å². The quantitative estimate of drug-likeness (QED) is 0.403. The van der Waals surface area contributed by atoms with Gasteiger partial charge in [0, 0.05) is 0 Å². The van der Waals surface area contributed by atoms with Gasteiger partial charge in [0.2, 0.25) is 0 Å². The van der Waals surface area contributed by atoms with Crippen LogP contribution in [0, 0.1) is 6.92 Å². The summed E-state index contributed by atoms with van der Waals surface area (Å²) in [7, 11) is 0. The van der Waals surface area contributed by atoms with E-state index in [1.807, 2.05) is 0 Å². The van der Waals surface area contributed by atoms with Crippen molar-refractivity contribution >= 4 is 21.5 Å². The molecule has 0 atom stereocenters. The zero-order chi connectivity index (χ0) is 13.5. The third-order valence-corrected chi connectivity index (χ3v) is 3.97. The molecule has 0 fully saturated rings. The van der Waals surface area contributed by atoms with Crippen molar-refractivity contribution in [2.24, 2.45) is 0 Å². The predicted octanol–water partition coefficient (Wildman–Crippen LogP) is -0.307. The summed E-state index contributed by atoms with van der Waals surface area (Å²) in [5.74, 6) is 0. The van der Waals surface area contributed by atoms with Gasteiger partial charge in [0.25, 0.3) is 0 Å². The van der Waals surface area contributed by atoms with E-state index in [0.29, 0.717) is 0 Å². The monoisotopic (exact) mass is 370 g/mol. The summed E-state index contributed by atoms with van der Waals surface area (Å²) in [5, 5.41) is 5.29. The topological polar surface area (TPSA) is 0 Å². The summed E-state index contributed by atoms with van der Waals surface area (Å²) >= 11 is 0. The summed E-state index contributed by atoms with van der Waals surface area (Å²) in [6.07, 6.45) is 0. The summed E-state index contributed by atoms with van der Waals surface area (Å²) in [4.78, 5) is 0. The first-order chi connectivity index (χ1) is 9.83. The van der Waals surface area contributed by atoms with Gasteiger partial charge in [0.1, 0.15) is 0 Å². The molecule has 0 amide bonds. The van der Waals surface area contributed by atoms with E-state index >= 15 is 0 Å². The maximum Gasteiger partial charge on any atom is 3.00 e. The third kappa shape index (κ3) is 3.57. The van der Waals surface area contributed by atoms with Crippen LogP contribution in [0.25, 0.3) is 32.7 Å². The molecule has 0 heterocycles. The van der Waals surface area contributed by atoms with Crippen LogP contribution in [0.2, 0.25) is 0 Å². The van der Waals surface area contributed by atoms with Crippen LogP contribution in [0.4, 0.5) is 0 Å². The number of rotatable bonds is 1. The summed E-state index contributed by atoms with van der Waals surface area (Å²) in [5.41, 5.74) is 3.97. The number of hydrogen-bond donors (Lipinski definition) is 0. The Kier molecular flexibility index (Phi) is 7.13. The van der Waals surface area contributed by atoms with E-state index < -0.39 is 0 Å². The molecule has 23 heavy (non-hydrogen) atoms. The fourth-order valence-corrected chi connectivity index (χ4v) is 3.08. The zero-order valence-electron chi connectivity index (χ0n) is 12.8. The average Bonchev–Trinajstić information content (AvgIpc) is 2.87. The molecule has 0 saturated heterocycles. The standard InChI is InChI=1S/C20H15.2ClH.Sc/c1-14-12-16-8-5-11-19(20(16)13-14)18-10-4-7-15-6-2-3-9-17(15)18;;;/h2-13H,1H3;2*1H;/q-1;;;+3/p-2. The van der Waals surface area contributed by atoms with Crippen molar-refractivity contribution in [3.63, 3.8) is 0 Å². The average molecular weight is 371 g/mol. The van der Waals surface area contributed by atoms with E-state index in [9.17, 15) is 0 Å². The summed E-state index contributed by atoms with van der Waals surface area (Å²) < 4.78 is 0. The van der Waals surface area contributed by atoms with E-state index in [4.69, 9.17) is 0 Å². The van der Waals surface area contributed by atoms with Crippen LogP contribution in [0.15, 0.2) is 72.8 Å². The van der Waals surface area contributed by atoms with Crippen molar-refractivity contribution in [1.29, 1.82) is 0 Å². The van der Waals surface area contributed by atoms with Gasteiger partial charge in [-0.25, -0.2) is 0 Å². The fourth-order valence-electron chi connectivity index (χ4n) is 3.08. The second-order valence-corrected chi connectivity index (χ2v) is 5.37. The second-order valence-electron chi connectivity index (χ2n) is 5.37. The van der Waals surface area contributed by atoms with Gasteiger partial charge >= 0.3 is 25.8 Å². The van der Waals surface area contributed by atoms with Gasteiger partial charge in [0.15, 0.2) is 0 Å². The van der Waals surface area contributed by atoms with Crippen LogP contribution in [0.1, 0.15) is 5.56 Å². The van der Waals surface area contributed by atoms with Gasteiger partial charge in [-0.1, -0.05) is 61.0 Å². The molecule has 0 unspecified atom stereocenters. The number of hydrogen-bond acceptors (Lipinski definition) is 0. The Labute approximate surface area is 167 Å². The largest absolute Gasteiger partial charge is 3.00 e. The molecule has 112 valence electrons. The molecule has 0 bridgehead atoms. The number of fused-ring (bicyclic) bond motifs is 2. The van der Waals surface area contributed by atoms with Crippen LogP contribution in [0.5, 0.6) is 0 Å². The molecule has 0 saturated carbocycles. The minimum Gasteiger partial charge on any atom is -1.00 e. The molecule has 0 spiro atoms. The van der Waals surface area contributed by atoms with Crippen LogP contribution < -0.4 is 24.8 Å². The number of halogens is 2. The van der Waals surface area contributed by atoms with Gasteiger partial charge in [-0.3, -0.25) is 0 Å². The minimum atomic E-state index is 0. The van der Waals surface area contributed by atoms with Gasteiger partial charge in [0.05, 0.1) is 0 Å². The van der Waals surface area contributed by atoms with Gasteiger partial charge in [-0.05, 0) is 16.3 Å². The van der Waals surface area contributed by atoms with Gasteiger partial charge < -0.3 is 24.8 Å². The van der Waals surface area contributed by atoms with E-state index in [2.05, 4.69) is 79.7 Å². The van der Waals surface area contributed by atoms with Crippen LogP contribution >= 0.6 is 0 Å². The van der Waals surface area contributed by atoms with Crippen molar-refractivity contribution in [2.45, 2.75) is 6.92 Å². The maximum absolute atomic E-state index is 2.28. The van der Waals surface area contributed by atoms with E-state index in [0.717, 1.165) is 0 Å². The SMILES string of the molecule is Cc1cc2c(-c3cccc4ccccc34)cccc2[cH-]1.[Cl-].[Cl-].[Sc+3]. The third-order valence-electron chi connectivity index (χ3n) is 3.97. The first-order valence-electron chi connectivity index (χ1n) is 6.97. The molecule has 4 aromatic carbocycles. The summed E-state index contributed by atoms with van der Waals surface area (Å²) in [6.45, 7) is 2.16. The van der Waals surface area contributed by atoms with Crippen LogP contribution in [-0.4, -0.2) is 0 Å². The van der Waals surface area contributed by atoms with E-state index in [1.165, 1.54) is 38.2 Å². The second kappa shape index (κ2) is 8.19. The van der Waals surface area contributed by atoms with Crippen LogP contribution in [0.3, 0.4) is 0 Å². The number of aryl methyl sites for hydroxylation is 1. The molecule has 4 aromatic rings. The molecule has 0 nitrogen and oxygen atoms in total. The molecule has 4 rings (SSSR count). The normalized spacial score (nSPS) is 9.78. The predicted molar refractivity (Wildman–Crippen MR) is 87.2 cm³/mol. The Hall–Kier alpha value is -1.02. The Morgan fingerprint density at radius 3 is 2.09 bits per heavy atom. The minimum absolute atomic E-state index is 0. The van der Waals surface area contributed by atoms with Crippen molar-refractivity contribution in [3.8, 4) is 11.1 Å². The van der Waals surface area contributed by atoms with Crippen molar-refractivity contribution in [3.05, 3.63) is 78.4 Å². The Morgan fingerprint density at radius 2 is 1.30 bits per heavy atom. The molecule has 0 aliphatic rings. The van der Waals surface area contributed by atoms with Crippen molar-refractivity contribution in [1.82, 2.24) is 0 Å². The molecule has 0 N–H and O–H groups in total. The molecule has 0 aliphatic heterocycles. The van der Waals surface area contributed by atoms with Gasteiger partial charge in [-0.2, -0.15) is 6.07 Å². The van der Waals surface area contributed by atoms with E-state index in [1.54, 1.807) is 0 Å². The molecule has 3 heteroatoms. The molecular formula is C20H15Cl2Sc. The molecule has 0 radical (unpaired) electrons. The Bertz CT molecular complexity index is 920. The maximum atomic E-state index is 2.28. The summed E-state index contributed by atoms with van der Waals surface area (Å²) in [6, 6.07) is 26.2. The van der Waals surface area contributed by atoms with Crippen molar-refractivity contribution < 1.29 is 50.7 Å². The molecular weight excluding hydrogens is 356 g/mol. The number of benzene rings is 3. The first kappa shape index (κ1) is 20.0. The Morgan fingerprint density at radius 1 is 0.696 bits per heavy atom. The fraction of sp³-hybridized carbons (Fsp3) is 0.0500. The molecule has 0 aromatic heterocycles. The first-order valence-corrected chi connectivity index (χ1v) is 6.97. The van der Waals surface area contributed by atoms with Crippen molar-refractivity contribution in [2.75, 3.05) is 0 Å². The smallest absolute Gasteiger partial charge is 1.00 e.